The van der Waals surface area contributed by atoms with Crippen molar-refractivity contribution in [1.29, 1.82) is 0 Å². The highest BCUT2D eigenvalue weighted by Crippen LogP contribution is 2.30. The number of amides is 1. The van der Waals surface area contributed by atoms with Gasteiger partial charge in [-0.05, 0) is 23.3 Å². The van der Waals surface area contributed by atoms with Crippen molar-refractivity contribution in [3.8, 4) is 16.9 Å². The van der Waals surface area contributed by atoms with Crippen LogP contribution in [-0.4, -0.2) is 50.6 Å². The van der Waals surface area contributed by atoms with Crippen LogP contribution < -0.4 is 4.74 Å². The van der Waals surface area contributed by atoms with Gasteiger partial charge in [-0.1, -0.05) is 48.0 Å². The Balaban J connectivity index is 2.00. The second kappa shape index (κ2) is 10.1. The van der Waals surface area contributed by atoms with Crippen LogP contribution >= 0.6 is 11.6 Å². The van der Waals surface area contributed by atoms with Crippen molar-refractivity contribution in [3.63, 3.8) is 0 Å². The number of hydrogen-bond acceptors (Lipinski definition) is 3. The number of nitrogens with zero attached hydrogens (tertiary/aromatic N) is 1. The van der Waals surface area contributed by atoms with Gasteiger partial charge in [-0.2, -0.15) is 0 Å². The molecule has 4 nitrogen and oxygen atoms in total. The largest absolute Gasteiger partial charge is 0.482 e. The summed E-state index contributed by atoms with van der Waals surface area (Å²) in [6.07, 6.45) is -2.62. The van der Waals surface area contributed by atoms with E-state index in [1.165, 1.54) is 7.11 Å². The standard InChI is InChI=1S/C19H20ClF2NO3/c1-25-10-9-23(12-18(21)22)19(24)13-26-17-8-7-15(11-16(17)20)14-5-3-2-4-6-14/h2-8,11,18H,9-10,12-13H2,1H3. The third-order valence-corrected chi connectivity index (χ3v) is 3.96. The van der Waals surface area contributed by atoms with Crippen LogP contribution in [-0.2, 0) is 9.53 Å². The molecule has 0 aliphatic rings. The van der Waals surface area contributed by atoms with Gasteiger partial charge >= 0.3 is 0 Å². The molecule has 0 N–H and O–H groups in total. The molecule has 0 saturated carbocycles. The Morgan fingerprint density at radius 1 is 1.15 bits per heavy atom. The molecule has 0 bridgehead atoms. The van der Waals surface area contributed by atoms with E-state index in [-0.39, 0.29) is 19.8 Å². The first-order valence-corrected chi connectivity index (χ1v) is 8.41. The Morgan fingerprint density at radius 3 is 2.50 bits per heavy atom. The van der Waals surface area contributed by atoms with Gasteiger partial charge in [0, 0.05) is 13.7 Å². The molecule has 0 spiro atoms. The predicted octanol–water partition coefficient (Wildman–Crippen LogP) is 4.13. The zero-order valence-electron chi connectivity index (χ0n) is 14.3. The Hall–Kier alpha value is -2.18. The van der Waals surface area contributed by atoms with Gasteiger partial charge in [-0.15, -0.1) is 0 Å². The predicted molar refractivity (Wildman–Crippen MR) is 96.8 cm³/mol. The van der Waals surface area contributed by atoms with Crippen LogP contribution in [0.4, 0.5) is 8.78 Å². The van der Waals surface area contributed by atoms with Gasteiger partial charge in [0.1, 0.15) is 5.75 Å². The van der Waals surface area contributed by atoms with E-state index in [1.54, 1.807) is 12.1 Å². The van der Waals surface area contributed by atoms with Crippen molar-refractivity contribution >= 4 is 17.5 Å². The van der Waals surface area contributed by atoms with Crippen LogP contribution in [0.2, 0.25) is 5.02 Å². The van der Waals surface area contributed by atoms with Crippen molar-refractivity contribution in [2.45, 2.75) is 6.43 Å². The maximum absolute atomic E-state index is 12.6. The first-order chi connectivity index (χ1) is 12.5. The lowest BCUT2D eigenvalue weighted by atomic mass is 10.1. The average Bonchev–Trinajstić information content (AvgIpc) is 2.64. The van der Waals surface area contributed by atoms with Gasteiger partial charge in [-0.25, -0.2) is 8.78 Å². The fourth-order valence-electron chi connectivity index (χ4n) is 2.34. The Kier molecular flexibility index (Phi) is 7.81. The SMILES string of the molecule is COCCN(CC(F)F)C(=O)COc1ccc(-c2ccccc2)cc1Cl. The number of hydrogen-bond donors (Lipinski definition) is 0. The summed E-state index contributed by atoms with van der Waals surface area (Å²) in [6.45, 7) is -0.790. The highest BCUT2D eigenvalue weighted by Gasteiger charge is 2.19. The van der Waals surface area contributed by atoms with Crippen LogP contribution in [0.15, 0.2) is 48.5 Å². The highest BCUT2D eigenvalue weighted by molar-refractivity contribution is 6.32. The zero-order valence-corrected chi connectivity index (χ0v) is 15.1. The Morgan fingerprint density at radius 2 is 1.88 bits per heavy atom. The fraction of sp³-hybridized carbons (Fsp3) is 0.316. The van der Waals surface area contributed by atoms with Gasteiger partial charge in [-0.3, -0.25) is 4.79 Å². The quantitative estimate of drug-likeness (QED) is 0.653. The molecule has 0 radical (unpaired) electrons. The molecule has 0 aliphatic carbocycles. The molecule has 7 heteroatoms. The highest BCUT2D eigenvalue weighted by atomic mass is 35.5. The van der Waals surface area contributed by atoms with Gasteiger partial charge in [0.05, 0.1) is 18.2 Å². The van der Waals surface area contributed by atoms with Crippen LogP contribution in [0.3, 0.4) is 0 Å². The first-order valence-electron chi connectivity index (χ1n) is 8.04. The van der Waals surface area contributed by atoms with Crippen molar-refractivity contribution in [2.75, 3.05) is 33.4 Å². The van der Waals surface area contributed by atoms with E-state index in [0.29, 0.717) is 10.8 Å². The molecule has 26 heavy (non-hydrogen) atoms. The number of rotatable bonds is 9. The Bertz CT molecular complexity index is 713. The summed E-state index contributed by atoms with van der Waals surface area (Å²) in [5.74, 6) is -0.228. The molecule has 1 amide bonds. The number of alkyl halides is 2. The lowest BCUT2D eigenvalue weighted by Crippen LogP contribution is -2.40. The fourth-order valence-corrected chi connectivity index (χ4v) is 2.58. The molecule has 0 heterocycles. The summed E-state index contributed by atoms with van der Waals surface area (Å²) < 4.78 is 35.5. The second-order valence-electron chi connectivity index (χ2n) is 5.52. The van der Waals surface area contributed by atoms with E-state index < -0.39 is 18.9 Å². The lowest BCUT2D eigenvalue weighted by Gasteiger charge is -2.22. The molecule has 0 atom stereocenters. The molecule has 2 rings (SSSR count). The van der Waals surface area contributed by atoms with Crippen LogP contribution in [0.25, 0.3) is 11.1 Å². The summed E-state index contributed by atoms with van der Waals surface area (Å²) in [5.41, 5.74) is 1.91. The van der Waals surface area contributed by atoms with Gasteiger partial charge in [0.2, 0.25) is 0 Å². The summed E-state index contributed by atoms with van der Waals surface area (Å²) in [5, 5.41) is 0.344. The minimum atomic E-state index is -2.62. The monoisotopic (exact) mass is 383 g/mol. The van der Waals surface area contributed by atoms with Crippen LogP contribution in [0.1, 0.15) is 0 Å². The number of carbonyl (C=O) groups is 1. The molecule has 0 saturated heterocycles. The average molecular weight is 384 g/mol. The third-order valence-electron chi connectivity index (χ3n) is 3.67. The maximum Gasteiger partial charge on any atom is 0.260 e. The normalized spacial score (nSPS) is 10.8. The minimum Gasteiger partial charge on any atom is -0.482 e. The maximum atomic E-state index is 12.6. The molecular formula is C19H20ClF2NO3. The number of benzene rings is 2. The lowest BCUT2D eigenvalue weighted by molar-refractivity contribution is -0.136. The van der Waals surface area contributed by atoms with E-state index in [4.69, 9.17) is 21.1 Å². The van der Waals surface area contributed by atoms with Crippen molar-refractivity contribution in [2.24, 2.45) is 0 Å². The minimum absolute atomic E-state index is 0.0731. The smallest absolute Gasteiger partial charge is 0.260 e. The molecule has 0 unspecified atom stereocenters. The van der Waals surface area contributed by atoms with Gasteiger partial charge in [0.15, 0.2) is 6.61 Å². The summed E-state index contributed by atoms with van der Waals surface area (Å²) in [7, 11) is 1.44. The number of carbonyl (C=O) groups excluding carboxylic acids is 1. The zero-order chi connectivity index (χ0) is 18.9. The first kappa shape index (κ1) is 20.1. The van der Waals surface area contributed by atoms with Gasteiger partial charge in [0.25, 0.3) is 12.3 Å². The molecule has 0 aromatic heterocycles. The molecule has 0 aliphatic heterocycles. The number of ether oxygens (including phenoxy) is 2. The van der Waals surface area contributed by atoms with E-state index >= 15 is 0 Å². The van der Waals surface area contributed by atoms with Gasteiger partial charge < -0.3 is 14.4 Å². The molecular weight excluding hydrogens is 364 g/mol. The van der Waals surface area contributed by atoms with E-state index in [1.807, 2.05) is 36.4 Å². The second-order valence-corrected chi connectivity index (χ2v) is 5.93. The van der Waals surface area contributed by atoms with E-state index in [0.717, 1.165) is 16.0 Å². The number of halogens is 3. The number of methoxy groups -OCH3 is 1. The molecule has 0 fully saturated rings. The molecule has 2 aromatic carbocycles. The molecule has 2 aromatic rings. The summed E-state index contributed by atoms with van der Waals surface area (Å²) in [4.78, 5) is 13.1. The van der Waals surface area contributed by atoms with E-state index in [2.05, 4.69) is 0 Å². The van der Waals surface area contributed by atoms with Crippen molar-refractivity contribution < 1.29 is 23.0 Å². The van der Waals surface area contributed by atoms with Crippen molar-refractivity contribution in [3.05, 3.63) is 53.6 Å². The molecule has 140 valence electrons. The summed E-state index contributed by atoms with van der Waals surface area (Å²) in [6, 6.07) is 14.9. The van der Waals surface area contributed by atoms with Crippen molar-refractivity contribution in [1.82, 2.24) is 4.90 Å². The topological polar surface area (TPSA) is 38.8 Å². The Labute approximate surface area is 156 Å². The third kappa shape index (κ3) is 5.97. The van der Waals surface area contributed by atoms with E-state index in [9.17, 15) is 13.6 Å². The van der Waals surface area contributed by atoms with Crippen LogP contribution in [0.5, 0.6) is 5.75 Å². The summed E-state index contributed by atoms with van der Waals surface area (Å²) >= 11 is 6.22. The van der Waals surface area contributed by atoms with Crippen LogP contribution in [0, 0.1) is 0 Å².